The van der Waals surface area contributed by atoms with Gasteiger partial charge in [0.2, 0.25) is 5.95 Å². The maximum atomic E-state index is 12.0. The molecule has 0 bridgehead atoms. The van der Waals surface area contributed by atoms with Crippen molar-refractivity contribution in [1.29, 1.82) is 0 Å². The molecule has 22 heavy (non-hydrogen) atoms. The first-order valence-electron chi connectivity index (χ1n) is 7.16. The Morgan fingerprint density at radius 1 is 1.27 bits per heavy atom. The zero-order valence-electron chi connectivity index (χ0n) is 12.1. The van der Waals surface area contributed by atoms with Gasteiger partial charge in [-0.25, -0.2) is 9.97 Å². The zero-order chi connectivity index (χ0) is 15.2. The largest absolute Gasteiger partial charge is 0.378 e. The minimum atomic E-state index is -0.167. The van der Waals surface area contributed by atoms with E-state index < -0.39 is 0 Å². The molecule has 0 aliphatic carbocycles. The number of amides is 1. The highest BCUT2D eigenvalue weighted by atomic mass is 16.5. The SMILES string of the molecule is O=C(NCc1ccnc(N2CCOCC2)n1)c1cccnc1. The molecule has 0 spiro atoms. The summed E-state index contributed by atoms with van der Waals surface area (Å²) >= 11 is 0. The second kappa shape index (κ2) is 6.95. The van der Waals surface area contributed by atoms with E-state index in [2.05, 4.69) is 25.2 Å². The number of carbonyl (C=O) groups excluding carboxylic acids is 1. The molecule has 1 fully saturated rings. The Morgan fingerprint density at radius 3 is 2.91 bits per heavy atom. The van der Waals surface area contributed by atoms with Gasteiger partial charge in [-0.05, 0) is 18.2 Å². The van der Waals surface area contributed by atoms with Gasteiger partial charge in [0.05, 0.1) is 31.0 Å². The Kier molecular flexibility index (Phi) is 4.55. The van der Waals surface area contributed by atoms with E-state index in [4.69, 9.17) is 4.74 Å². The number of nitrogens with one attached hydrogen (secondary N) is 1. The van der Waals surface area contributed by atoms with Gasteiger partial charge in [0.25, 0.3) is 5.91 Å². The Hall–Kier alpha value is -2.54. The van der Waals surface area contributed by atoms with Crippen molar-refractivity contribution >= 4 is 11.9 Å². The molecule has 3 rings (SSSR count). The molecule has 1 aliphatic rings. The van der Waals surface area contributed by atoms with E-state index in [0.717, 1.165) is 18.8 Å². The topological polar surface area (TPSA) is 80.2 Å². The summed E-state index contributed by atoms with van der Waals surface area (Å²) < 4.78 is 5.32. The standard InChI is InChI=1S/C15H17N5O2/c21-14(12-2-1-4-16-10-12)18-11-13-3-5-17-15(19-13)20-6-8-22-9-7-20/h1-5,10H,6-9,11H2,(H,18,21). The molecule has 1 amide bonds. The number of hydrogen-bond acceptors (Lipinski definition) is 6. The van der Waals surface area contributed by atoms with Crippen LogP contribution < -0.4 is 10.2 Å². The van der Waals surface area contributed by atoms with E-state index in [1.165, 1.54) is 6.20 Å². The molecule has 2 aromatic rings. The van der Waals surface area contributed by atoms with Crippen molar-refractivity contribution in [2.45, 2.75) is 6.54 Å². The molecule has 7 nitrogen and oxygen atoms in total. The molecule has 2 aromatic heterocycles. The average Bonchev–Trinajstić information content (AvgIpc) is 2.61. The van der Waals surface area contributed by atoms with Gasteiger partial charge in [0, 0.05) is 31.7 Å². The van der Waals surface area contributed by atoms with E-state index >= 15 is 0 Å². The lowest BCUT2D eigenvalue weighted by Gasteiger charge is -2.26. The van der Waals surface area contributed by atoms with Crippen molar-refractivity contribution in [3.8, 4) is 0 Å². The van der Waals surface area contributed by atoms with Gasteiger partial charge in [-0.2, -0.15) is 0 Å². The molecular formula is C15H17N5O2. The van der Waals surface area contributed by atoms with Crippen LogP contribution in [0, 0.1) is 0 Å². The first-order valence-corrected chi connectivity index (χ1v) is 7.16. The second-order valence-corrected chi connectivity index (χ2v) is 4.87. The van der Waals surface area contributed by atoms with Gasteiger partial charge < -0.3 is 15.0 Å². The first-order chi connectivity index (χ1) is 10.8. The van der Waals surface area contributed by atoms with Crippen LogP contribution in [0.1, 0.15) is 16.1 Å². The summed E-state index contributed by atoms with van der Waals surface area (Å²) in [6.07, 6.45) is 4.88. The molecule has 1 N–H and O–H groups in total. The molecule has 7 heteroatoms. The van der Waals surface area contributed by atoms with Crippen LogP contribution in [-0.2, 0) is 11.3 Å². The second-order valence-electron chi connectivity index (χ2n) is 4.87. The predicted octanol–water partition coefficient (Wildman–Crippen LogP) is 0.638. The minimum Gasteiger partial charge on any atom is -0.378 e. The smallest absolute Gasteiger partial charge is 0.253 e. The fourth-order valence-corrected chi connectivity index (χ4v) is 2.17. The van der Waals surface area contributed by atoms with Gasteiger partial charge in [0.15, 0.2) is 0 Å². The minimum absolute atomic E-state index is 0.167. The van der Waals surface area contributed by atoms with Crippen LogP contribution in [0.25, 0.3) is 0 Å². The number of carbonyl (C=O) groups is 1. The van der Waals surface area contributed by atoms with Crippen molar-refractivity contribution < 1.29 is 9.53 Å². The van der Waals surface area contributed by atoms with Crippen LogP contribution in [0.15, 0.2) is 36.8 Å². The van der Waals surface area contributed by atoms with Gasteiger partial charge in [-0.15, -0.1) is 0 Å². The van der Waals surface area contributed by atoms with E-state index in [1.807, 2.05) is 0 Å². The highest BCUT2D eigenvalue weighted by Gasteiger charge is 2.14. The summed E-state index contributed by atoms with van der Waals surface area (Å²) in [6, 6.07) is 5.26. The molecule has 0 aromatic carbocycles. The van der Waals surface area contributed by atoms with E-state index in [0.29, 0.717) is 31.3 Å². The number of pyridine rings is 1. The van der Waals surface area contributed by atoms with Crippen LogP contribution in [0.2, 0.25) is 0 Å². The van der Waals surface area contributed by atoms with Crippen LogP contribution in [0.3, 0.4) is 0 Å². The third-order valence-electron chi connectivity index (χ3n) is 3.35. The Morgan fingerprint density at radius 2 is 2.14 bits per heavy atom. The van der Waals surface area contributed by atoms with Gasteiger partial charge >= 0.3 is 0 Å². The van der Waals surface area contributed by atoms with Crippen molar-refractivity contribution in [1.82, 2.24) is 20.3 Å². The Balaban J connectivity index is 1.62. The predicted molar refractivity (Wildman–Crippen MR) is 80.5 cm³/mol. The number of aromatic nitrogens is 3. The van der Waals surface area contributed by atoms with Crippen molar-refractivity contribution in [2.75, 3.05) is 31.2 Å². The number of anilines is 1. The van der Waals surface area contributed by atoms with Crippen LogP contribution >= 0.6 is 0 Å². The van der Waals surface area contributed by atoms with Crippen molar-refractivity contribution in [3.63, 3.8) is 0 Å². The third-order valence-corrected chi connectivity index (χ3v) is 3.35. The lowest BCUT2D eigenvalue weighted by atomic mass is 10.2. The zero-order valence-corrected chi connectivity index (χ0v) is 12.1. The summed E-state index contributed by atoms with van der Waals surface area (Å²) in [5.74, 6) is 0.510. The average molecular weight is 299 g/mol. The monoisotopic (exact) mass is 299 g/mol. The molecular weight excluding hydrogens is 282 g/mol. The van der Waals surface area contributed by atoms with Crippen LogP contribution in [0.4, 0.5) is 5.95 Å². The molecule has 0 saturated carbocycles. The van der Waals surface area contributed by atoms with Gasteiger partial charge in [-0.3, -0.25) is 9.78 Å². The quantitative estimate of drug-likeness (QED) is 0.892. The molecule has 0 atom stereocenters. The van der Waals surface area contributed by atoms with E-state index in [1.54, 1.807) is 30.6 Å². The van der Waals surface area contributed by atoms with Crippen molar-refractivity contribution in [2.24, 2.45) is 0 Å². The van der Waals surface area contributed by atoms with Crippen LogP contribution in [-0.4, -0.2) is 47.2 Å². The molecule has 1 saturated heterocycles. The lowest BCUT2D eigenvalue weighted by molar-refractivity contribution is 0.0950. The summed E-state index contributed by atoms with van der Waals surface area (Å²) in [5, 5.41) is 2.83. The highest BCUT2D eigenvalue weighted by Crippen LogP contribution is 2.09. The lowest BCUT2D eigenvalue weighted by Crippen LogP contribution is -2.37. The highest BCUT2D eigenvalue weighted by molar-refractivity contribution is 5.93. The normalized spacial score (nSPS) is 14.6. The number of morpholine rings is 1. The number of rotatable bonds is 4. The third kappa shape index (κ3) is 3.56. The fraction of sp³-hybridized carbons (Fsp3) is 0.333. The number of ether oxygens (including phenoxy) is 1. The fourth-order valence-electron chi connectivity index (χ4n) is 2.17. The molecule has 3 heterocycles. The van der Waals surface area contributed by atoms with Gasteiger partial charge in [-0.1, -0.05) is 0 Å². The van der Waals surface area contributed by atoms with E-state index in [-0.39, 0.29) is 5.91 Å². The summed E-state index contributed by atoms with van der Waals surface area (Å²) in [5.41, 5.74) is 1.30. The van der Waals surface area contributed by atoms with Crippen molar-refractivity contribution in [3.05, 3.63) is 48.0 Å². The van der Waals surface area contributed by atoms with Gasteiger partial charge in [0.1, 0.15) is 0 Å². The number of hydrogen-bond donors (Lipinski definition) is 1. The van der Waals surface area contributed by atoms with E-state index in [9.17, 15) is 4.79 Å². The Bertz CT molecular complexity index is 629. The maximum Gasteiger partial charge on any atom is 0.253 e. The maximum absolute atomic E-state index is 12.0. The summed E-state index contributed by atoms with van der Waals surface area (Å²) in [6.45, 7) is 3.29. The summed E-state index contributed by atoms with van der Waals surface area (Å²) in [7, 11) is 0. The molecule has 114 valence electrons. The summed E-state index contributed by atoms with van der Waals surface area (Å²) in [4.78, 5) is 26.8. The van der Waals surface area contributed by atoms with Crippen LogP contribution in [0.5, 0.6) is 0 Å². The Labute approximate surface area is 128 Å². The number of nitrogens with zero attached hydrogens (tertiary/aromatic N) is 4. The first kappa shape index (κ1) is 14.4. The molecule has 0 radical (unpaired) electrons. The molecule has 0 unspecified atom stereocenters. The molecule has 1 aliphatic heterocycles.